The third kappa shape index (κ3) is 3.60. The van der Waals surface area contributed by atoms with Crippen molar-refractivity contribution in [3.05, 3.63) is 30.3 Å². The van der Waals surface area contributed by atoms with Gasteiger partial charge in [-0.3, -0.25) is 9.59 Å². The number of rotatable bonds is 4. The molecule has 6 nitrogen and oxygen atoms in total. The maximum absolute atomic E-state index is 12.1. The maximum Gasteiger partial charge on any atom is 0.242 e. The minimum absolute atomic E-state index is 0.116. The van der Waals surface area contributed by atoms with E-state index in [1.165, 1.54) is 17.0 Å². The zero-order chi connectivity index (χ0) is 15.5. The van der Waals surface area contributed by atoms with E-state index in [1.54, 1.807) is 25.1 Å². The summed E-state index contributed by atoms with van der Waals surface area (Å²) < 4.78 is 24.2. The molecule has 1 aliphatic rings. The summed E-state index contributed by atoms with van der Waals surface area (Å²) in [6.07, 6.45) is -0.116. The largest absolute Gasteiger partial charge is 0.353 e. The van der Waals surface area contributed by atoms with E-state index in [4.69, 9.17) is 0 Å². The minimum Gasteiger partial charge on any atom is -0.353 e. The highest BCUT2D eigenvalue weighted by Gasteiger charge is 2.29. The zero-order valence-corrected chi connectivity index (χ0v) is 12.6. The monoisotopic (exact) mass is 310 g/mol. The van der Waals surface area contributed by atoms with Gasteiger partial charge in [-0.2, -0.15) is 0 Å². The van der Waals surface area contributed by atoms with Gasteiger partial charge in [0.15, 0.2) is 9.84 Å². The predicted octanol–water partition coefficient (Wildman–Crippen LogP) is 0.197. The first-order chi connectivity index (χ1) is 9.92. The quantitative estimate of drug-likeness (QED) is 0.861. The molecule has 0 aromatic heterocycles. The molecular weight excluding hydrogens is 292 g/mol. The number of hydrogen-bond acceptors (Lipinski definition) is 4. The summed E-state index contributed by atoms with van der Waals surface area (Å²) in [4.78, 5) is 25.3. The van der Waals surface area contributed by atoms with Crippen molar-refractivity contribution in [1.82, 2.24) is 10.2 Å². The minimum atomic E-state index is -3.47. The first-order valence-electron chi connectivity index (χ1n) is 6.77. The molecule has 7 heteroatoms. The van der Waals surface area contributed by atoms with Crippen molar-refractivity contribution in [2.75, 3.05) is 18.8 Å². The molecule has 1 atom stereocenters. The SMILES string of the molecule is C[C@@H]1C(=O)NCCN1C(=O)CCS(=O)(=O)c1ccccc1. The lowest BCUT2D eigenvalue weighted by molar-refractivity contribution is -0.142. The Balaban J connectivity index is 1.99. The van der Waals surface area contributed by atoms with E-state index in [1.807, 2.05) is 0 Å². The van der Waals surface area contributed by atoms with Gasteiger partial charge in [-0.1, -0.05) is 18.2 Å². The molecular formula is C14H18N2O4S. The van der Waals surface area contributed by atoms with Gasteiger partial charge in [0.05, 0.1) is 10.6 Å². The van der Waals surface area contributed by atoms with Crippen LogP contribution in [0.3, 0.4) is 0 Å². The van der Waals surface area contributed by atoms with Crippen LogP contribution in [0, 0.1) is 0 Å². The van der Waals surface area contributed by atoms with Crippen LogP contribution in [0.5, 0.6) is 0 Å². The summed E-state index contributed by atoms with van der Waals surface area (Å²) in [6.45, 7) is 2.45. The molecule has 2 rings (SSSR count). The van der Waals surface area contributed by atoms with Crippen LogP contribution < -0.4 is 5.32 Å². The number of piperazine rings is 1. The molecule has 0 saturated carbocycles. The van der Waals surface area contributed by atoms with Crippen molar-refractivity contribution in [1.29, 1.82) is 0 Å². The van der Waals surface area contributed by atoms with Crippen LogP contribution in [-0.2, 0) is 19.4 Å². The second-order valence-electron chi connectivity index (χ2n) is 4.94. The molecule has 114 valence electrons. The number of hydrogen-bond donors (Lipinski definition) is 1. The second-order valence-corrected chi connectivity index (χ2v) is 7.05. The van der Waals surface area contributed by atoms with Gasteiger partial charge >= 0.3 is 0 Å². The maximum atomic E-state index is 12.1. The number of amides is 2. The Morgan fingerprint density at radius 3 is 2.67 bits per heavy atom. The van der Waals surface area contributed by atoms with Crippen LogP contribution in [-0.4, -0.2) is 50.0 Å². The lowest BCUT2D eigenvalue weighted by Gasteiger charge is -2.32. The van der Waals surface area contributed by atoms with Gasteiger partial charge in [0.25, 0.3) is 0 Å². The molecule has 1 heterocycles. The Kier molecular flexibility index (Phi) is 4.62. The number of sulfone groups is 1. The molecule has 0 aliphatic carbocycles. The van der Waals surface area contributed by atoms with E-state index >= 15 is 0 Å². The van der Waals surface area contributed by atoms with Crippen molar-refractivity contribution in [2.45, 2.75) is 24.3 Å². The Morgan fingerprint density at radius 2 is 2.00 bits per heavy atom. The lowest BCUT2D eigenvalue weighted by Crippen LogP contribution is -2.56. The molecule has 0 radical (unpaired) electrons. The Labute approximate surface area is 124 Å². The average Bonchev–Trinajstić information content (AvgIpc) is 2.49. The van der Waals surface area contributed by atoms with Crippen molar-refractivity contribution >= 4 is 21.7 Å². The van der Waals surface area contributed by atoms with E-state index in [0.29, 0.717) is 13.1 Å². The summed E-state index contributed by atoms with van der Waals surface area (Å²) in [5.74, 6) is -0.766. The number of benzene rings is 1. The third-order valence-electron chi connectivity index (χ3n) is 3.51. The first-order valence-corrected chi connectivity index (χ1v) is 8.42. The lowest BCUT2D eigenvalue weighted by atomic mass is 10.2. The van der Waals surface area contributed by atoms with Gasteiger partial charge < -0.3 is 10.2 Å². The first kappa shape index (κ1) is 15.5. The van der Waals surface area contributed by atoms with Gasteiger partial charge in [0.1, 0.15) is 6.04 Å². The van der Waals surface area contributed by atoms with Crippen molar-refractivity contribution in [3.8, 4) is 0 Å². The van der Waals surface area contributed by atoms with Crippen LogP contribution in [0.25, 0.3) is 0 Å². The van der Waals surface area contributed by atoms with E-state index in [-0.39, 0.29) is 28.9 Å². The van der Waals surface area contributed by atoms with Gasteiger partial charge in [-0.05, 0) is 19.1 Å². The number of nitrogens with one attached hydrogen (secondary N) is 1. The normalized spacial score (nSPS) is 19.2. The smallest absolute Gasteiger partial charge is 0.242 e. The summed E-state index contributed by atoms with van der Waals surface area (Å²) in [6, 6.07) is 7.49. The van der Waals surface area contributed by atoms with Crippen LogP contribution >= 0.6 is 0 Å². The summed E-state index contributed by atoms with van der Waals surface area (Å²) in [5, 5.41) is 2.66. The van der Waals surface area contributed by atoms with Crippen molar-refractivity contribution in [2.24, 2.45) is 0 Å². The summed E-state index contributed by atoms with van der Waals surface area (Å²) in [5.41, 5.74) is 0. The van der Waals surface area contributed by atoms with Gasteiger partial charge in [-0.15, -0.1) is 0 Å². The number of nitrogens with zero attached hydrogens (tertiary/aromatic N) is 1. The standard InChI is InChI=1S/C14H18N2O4S/c1-11-14(18)15-8-9-16(11)13(17)7-10-21(19,20)12-5-3-2-4-6-12/h2-6,11H,7-10H2,1H3,(H,15,18)/t11-/m1/s1. The Morgan fingerprint density at radius 1 is 1.33 bits per heavy atom. The molecule has 1 aromatic carbocycles. The predicted molar refractivity (Wildman–Crippen MR) is 77.3 cm³/mol. The van der Waals surface area contributed by atoms with Crippen LogP contribution in [0.4, 0.5) is 0 Å². The Bertz CT molecular complexity index is 628. The molecule has 1 N–H and O–H groups in total. The fourth-order valence-corrected chi connectivity index (χ4v) is 3.48. The number of carbonyl (C=O) groups excluding carboxylic acids is 2. The fraction of sp³-hybridized carbons (Fsp3) is 0.429. The molecule has 0 unspecified atom stereocenters. The van der Waals surface area contributed by atoms with Gasteiger partial charge in [0.2, 0.25) is 11.8 Å². The number of carbonyl (C=O) groups is 2. The molecule has 0 bridgehead atoms. The van der Waals surface area contributed by atoms with Crippen LogP contribution in [0.15, 0.2) is 35.2 Å². The molecule has 1 saturated heterocycles. The molecule has 1 aliphatic heterocycles. The molecule has 1 fully saturated rings. The summed E-state index contributed by atoms with van der Waals surface area (Å²) in [7, 11) is -3.47. The average molecular weight is 310 g/mol. The third-order valence-corrected chi connectivity index (χ3v) is 5.24. The van der Waals surface area contributed by atoms with Crippen molar-refractivity contribution in [3.63, 3.8) is 0 Å². The van der Waals surface area contributed by atoms with Crippen LogP contribution in [0.1, 0.15) is 13.3 Å². The van der Waals surface area contributed by atoms with Crippen molar-refractivity contribution < 1.29 is 18.0 Å². The van der Waals surface area contributed by atoms with E-state index in [0.717, 1.165) is 0 Å². The highest BCUT2D eigenvalue weighted by atomic mass is 32.2. The highest BCUT2D eigenvalue weighted by Crippen LogP contribution is 2.13. The van der Waals surface area contributed by atoms with Gasteiger partial charge in [-0.25, -0.2) is 8.42 Å². The fourth-order valence-electron chi connectivity index (χ4n) is 2.23. The Hall–Kier alpha value is -1.89. The zero-order valence-electron chi connectivity index (χ0n) is 11.8. The van der Waals surface area contributed by atoms with E-state index in [9.17, 15) is 18.0 Å². The summed E-state index contributed by atoms with van der Waals surface area (Å²) >= 11 is 0. The molecule has 1 aromatic rings. The molecule has 0 spiro atoms. The van der Waals surface area contributed by atoms with E-state index in [2.05, 4.69) is 5.32 Å². The molecule has 2 amide bonds. The van der Waals surface area contributed by atoms with E-state index < -0.39 is 15.9 Å². The highest BCUT2D eigenvalue weighted by molar-refractivity contribution is 7.91. The van der Waals surface area contributed by atoms with Gasteiger partial charge in [0, 0.05) is 19.5 Å². The topological polar surface area (TPSA) is 83.6 Å². The second kappa shape index (κ2) is 6.26. The van der Waals surface area contributed by atoms with Crippen LogP contribution in [0.2, 0.25) is 0 Å². The molecule has 21 heavy (non-hydrogen) atoms.